The van der Waals surface area contributed by atoms with Crippen LogP contribution in [0.4, 0.5) is 5.95 Å². The SMILES string of the molecule is COC(=O)c1ccc2c(C(C)(c3ccc(-c4cnc(N)nc4)cc3)C(C)C)c[nH]c2c1. The zero-order chi connectivity index (χ0) is 22.2. The number of nitrogens with one attached hydrogen (secondary N) is 1. The normalized spacial score (nSPS) is 13.3. The van der Waals surface area contributed by atoms with Gasteiger partial charge in [-0.05, 0) is 34.7 Å². The molecule has 0 aliphatic heterocycles. The lowest BCUT2D eigenvalue weighted by Gasteiger charge is -2.35. The van der Waals surface area contributed by atoms with Crippen molar-refractivity contribution in [1.82, 2.24) is 15.0 Å². The molecule has 0 aliphatic rings. The Morgan fingerprint density at radius 2 is 1.74 bits per heavy atom. The van der Waals surface area contributed by atoms with Gasteiger partial charge in [0.15, 0.2) is 0 Å². The van der Waals surface area contributed by atoms with Crippen LogP contribution in [-0.2, 0) is 10.2 Å². The molecule has 2 heterocycles. The number of benzene rings is 2. The van der Waals surface area contributed by atoms with Crippen LogP contribution < -0.4 is 5.73 Å². The van der Waals surface area contributed by atoms with Crippen LogP contribution in [-0.4, -0.2) is 28.0 Å². The smallest absolute Gasteiger partial charge is 0.337 e. The van der Waals surface area contributed by atoms with Gasteiger partial charge in [0.2, 0.25) is 5.95 Å². The molecule has 0 saturated heterocycles. The molecule has 4 rings (SSSR count). The highest BCUT2D eigenvalue weighted by Crippen LogP contribution is 2.42. The zero-order valence-corrected chi connectivity index (χ0v) is 18.1. The Kier molecular flexibility index (Phi) is 5.23. The molecule has 4 aromatic rings. The van der Waals surface area contributed by atoms with E-state index in [9.17, 15) is 4.79 Å². The van der Waals surface area contributed by atoms with Crippen molar-refractivity contribution in [3.8, 4) is 11.1 Å². The quantitative estimate of drug-likeness (QED) is 0.450. The summed E-state index contributed by atoms with van der Waals surface area (Å²) in [4.78, 5) is 23.4. The number of carbonyl (C=O) groups is 1. The van der Waals surface area contributed by atoms with Crippen molar-refractivity contribution >= 4 is 22.8 Å². The largest absolute Gasteiger partial charge is 0.465 e. The molecule has 3 N–H and O–H groups in total. The van der Waals surface area contributed by atoms with E-state index in [2.05, 4.69) is 60.0 Å². The molecule has 1 unspecified atom stereocenters. The zero-order valence-electron chi connectivity index (χ0n) is 18.1. The van der Waals surface area contributed by atoms with Gasteiger partial charge in [-0.1, -0.05) is 51.1 Å². The molecule has 6 nitrogen and oxygen atoms in total. The Hall–Kier alpha value is -3.67. The molecule has 0 saturated carbocycles. The molecule has 1 atom stereocenters. The second-order valence-corrected chi connectivity index (χ2v) is 8.22. The fourth-order valence-corrected chi connectivity index (χ4v) is 4.10. The summed E-state index contributed by atoms with van der Waals surface area (Å²) in [5.41, 5.74) is 11.2. The number of nitrogens with zero attached hydrogens (tertiary/aromatic N) is 2. The summed E-state index contributed by atoms with van der Waals surface area (Å²) in [7, 11) is 1.39. The molecular weight excluding hydrogens is 388 g/mol. The predicted octanol–water partition coefficient (Wildman–Crippen LogP) is 4.96. The van der Waals surface area contributed by atoms with Crippen molar-refractivity contribution in [2.45, 2.75) is 26.2 Å². The average molecular weight is 415 g/mol. The number of anilines is 1. The molecule has 6 heteroatoms. The van der Waals surface area contributed by atoms with E-state index >= 15 is 0 Å². The number of ether oxygens (including phenoxy) is 1. The van der Waals surface area contributed by atoms with Gasteiger partial charge in [0.1, 0.15) is 0 Å². The van der Waals surface area contributed by atoms with Gasteiger partial charge in [0.25, 0.3) is 0 Å². The van der Waals surface area contributed by atoms with Crippen LogP contribution in [0.15, 0.2) is 61.1 Å². The maximum atomic E-state index is 11.9. The first kappa shape index (κ1) is 20.6. The summed E-state index contributed by atoms with van der Waals surface area (Å²) in [5, 5.41) is 1.10. The second-order valence-electron chi connectivity index (χ2n) is 8.22. The molecule has 2 aromatic carbocycles. The minimum absolute atomic E-state index is 0.235. The Morgan fingerprint density at radius 1 is 1.06 bits per heavy atom. The van der Waals surface area contributed by atoms with E-state index in [4.69, 9.17) is 10.5 Å². The van der Waals surface area contributed by atoms with Gasteiger partial charge in [0, 0.05) is 40.5 Å². The molecule has 0 bridgehead atoms. The lowest BCUT2D eigenvalue weighted by molar-refractivity contribution is 0.0601. The molecule has 0 spiro atoms. The van der Waals surface area contributed by atoms with Gasteiger partial charge in [-0.2, -0.15) is 0 Å². The Balaban J connectivity index is 1.77. The summed E-state index contributed by atoms with van der Waals surface area (Å²) in [6.07, 6.45) is 5.52. The van der Waals surface area contributed by atoms with Gasteiger partial charge >= 0.3 is 5.97 Å². The van der Waals surface area contributed by atoms with Crippen molar-refractivity contribution in [3.63, 3.8) is 0 Å². The average Bonchev–Trinajstić information content (AvgIpc) is 3.22. The minimum Gasteiger partial charge on any atom is -0.465 e. The van der Waals surface area contributed by atoms with E-state index in [0.717, 1.165) is 22.0 Å². The van der Waals surface area contributed by atoms with Crippen LogP contribution in [0.5, 0.6) is 0 Å². The lowest BCUT2D eigenvalue weighted by atomic mass is 9.68. The molecule has 2 aromatic heterocycles. The van der Waals surface area contributed by atoms with Crippen LogP contribution in [0, 0.1) is 5.92 Å². The number of nitrogen functional groups attached to an aromatic ring is 1. The number of H-pyrrole nitrogens is 1. The summed E-state index contributed by atoms with van der Waals surface area (Å²) >= 11 is 0. The van der Waals surface area contributed by atoms with E-state index in [1.807, 2.05) is 24.4 Å². The number of hydrogen-bond acceptors (Lipinski definition) is 5. The predicted molar refractivity (Wildman–Crippen MR) is 123 cm³/mol. The maximum absolute atomic E-state index is 11.9. The van der Waals surface area contributed by atoms with E-state index in [0.29, 0.717) is 11.5 Å². The Morgan fingerprint density at radius 3 is 2.35 bits per heavy atom. The summed E-state index contributed by atoms with van der Waals surface area (Å²) in [6, 6.07) is 14.2. The summed E-state index contributed by atoms with van der Waals surface area (Å²) in [6.45, 7) is 6.71. The van der Waals surface area contributed by atoms with E-state index in [1.54, 1.807) is 12.4 Å². The van der Waals surface area contributed by atoms with E-state index in [1.165, 1.54) is 18.2 Å². The van der Waals surface area contributed by atoms with Crippen molar-refractivity contribution in [1.29, 1.82) is 0 Å². The molecular formula is C25H26N4O2. The molecule has 31 heavy (non-hydrogen) atoms. The molecule has 0 radical (unpaired) electrons. The topological polar surface area (TPSA) is 93.9 Å². The summed E-state index contributed by atoms with van der Waals surface area (Å²) < 4.78 is 4.85. The van der Waals surface area contributed by atoms with Crippen LogP contribution in [0.25, 0.3) is 22.0 Å². The third kappa shape index (κ3) is 3.54. The third-order valence-electron chi connectivity index (χ3n) is 6.31. The number of carbonyl (C=O) groups excluding carboxylic acids is 1. The first-order chi connectivity index (χ1) is 14.8. The first-order valence-electron chi connectivity index (χ1n) is 10.2. The molecule has 158 valence electrons. The van der Waals surface area contributed by atoms with Crippen LogP contribution in [0.2, 0.25) is 0 Å². The van der Waals surface area contributed by atoms with E-state index < -0.39 is 0 Å². The maximum Gasteiger partial charge on any atom is 0.337 e. The van der Waals surface area contributed by atoms with Crippen molar-refractivity contribution in [2.24, 2.45) is 5.92 Å². The van der Waals surface area contributed by atoms with Gasteiger partial charge < -0.3 is 15.5 Å². The molecule has 0 aliphatic carbocycles. The summed E-state index contributed by atoms with van der Waals surface area (Å²) in [5.74, 6) is 0.256. The fourth-order valence-electron chi connectivity index (χ4n) is 4.10. The first-order valence-corrected chi connectivity index (χ1v) is 10.2. The number of methoxy groups -OCH3 is 1. The molecule has 0 amide bonds. The fraction of sp³-hybridized carbons (Fsp3) is 0.240. The Labute approximate surface area is 181 Å². The monoisotopic (exact) mass is 414 g/mol. The van der Waals surface area contributed by atoms with Gasteiger partial charge in [0.05, 0.1) is 12.7 Å². The number of aromatic amines is 1. The highest BCUT2D eigenvalue weighted by Gasteiger charge is 2.34. The second kappa shape index (κ2) is 7.87. The van der Waals surface area contributed by atoms with Gasteiger partial charge in [-0.15, -0.1) is 0 Å². The van der Waals surface area contributed by atoms with Crippen molar-refractivity contribution in [2.75, 3.05) is 12.8 Å². The highest BCUT2D eigenvalue weighted by atomic mass is 16.5. The number of fused-ring (bicyclic) bond motifs is 1. The van der Waals surface area contributed by atoms with Crippen LogP contribution >= 0.6 is 0 Å². The Bertz CT molecular complexity index is 1230. The van der Waals surface area contributed by atoms with Crippen LogP contribution in [0.1, 0.15) is 42.3 Å². The van der Waals surface area contributed by atoms with Crippen molar-refractivity contribution < 1.29 is 9.53 Å². The number of aromatic nitrogens is 3. The number of rotatable bonds is 5. The lowest BCUT2D eigenvalue weighted by Crippen LogP contribution is -2.29. The third-order valence-corrected chi connectivity index (χ3v) is 6.31. The molecule has 0 fully saturated rings. The van der Waals surface area contributed by atoms with Crippen LogP contribution in [0.3, 0.4) is 0 Å². The minimum atomic E-state index is -0.341. The number of nitrogens with two attached hydrogens (primary N) is 1. The number of esters is 1. The van der Waals surface area contributed by atoms with Gasteiger partial charge in [-0.25, -0.2) is 14.8 Å². The standard InChI is InChI=1S/C25H26N4O2/c1-15(2)25(3,19-8-5-16(6-9-19)18-12-28-24(26)29-13-18)21-14-27-22-11-17(23(30)31-4)7-10-20(21)22/h5-15,27H,1-4H3,(H2,26,28,29). The van der Waals surface area contributed by atoms with Crippen molar-refractivity contribution in [3.05, 3.63) is 77.7 Å². The van der Waals surface area contributed by atoms with Gasteiger partial charge in [-0.3, -0.25) is 0 Å². The van der Waals surface area contributed by atoms with E-state index in [-0.39, 0.29) is 17.3 Å². The highest BCUT2D eigenvalue weighted by molar-refractivity contribution is 5.95. The number of hydrogen-bond donors (Lipinski definition) is 2.